The Morgan fingerprint density at radius 3 is 2.84 bits per heavy atom. The lowest BCUT2D eigenvalue weighted by atomic mass is 10.1. The zero-order valence-corrected chi connectivity index (χ0v) is 11.7. The molecule has 106 valence electrons. The molecule has 0 radical (unpaired) electrons. The molecule has 1 aliphatic rings. The van der Waals surface area contributed by atoms with Crippen molar-refractivity contribution in [1.82, 2.24) is 4.31 Å². The standard InChI is InChI=1S/C12H19N3O3S/c1-18-10-5-4-8-15(9-10)19(16,17)12-7-3-2-6-11(12)14-13/h2-3,6-7,10,14H,4-5,8-9,13H2,1H3. The molecule has 3 N–H and O–H groups in total. The van der Waals surface area contributed by atoms with E-state index in [1.807, 2.05) is 0 Å². The fourth-order valence-electron chi connectivity index (χ4n) is 2.27. The third-order valence-electron chi connectivity index (χ3n) is 3.33. The van der Waals surface area contributed by atoms with E-state index in [1.165, 1.54) is 4.31 Å². The number of nitrogens with one attached hydrogen (secondary N) is 1. The number of benzene rings is 1. The molecule has 6 nitrogen and oxygen atoms in total. The van der Waals surface area contributed by atoms with Crippen molar-refractivity contribution in [3.05, 3.63) is 24.3 Å². The predicted molar refractivity (Wildman–Crippen MR) is 73.0 cm³/mol. The number of rotatable bonds is 4. The number of methoxy groups -OCH3 is 1. The molecule has 0 spiro atoms. The molecule has 1 atom stereocenters. The van der Waals surface area contributed by atoms with E-state index in [0.717, 1.165) is 12.8 Å². The highest BCUT2D eigenvalue weighted by Gasteiger charge is 2.31. The molecule has 1 aromatic carbocycles. The zero-order chi connectivity index (χ0) is 13.9. The number of hydrogen-bond acceptors (Lipinski definition) is 5. The van der Waals surface area contributed by atoms with Crippen LogP contribution in [0.1, 0.15) is 12.8 Å². The van der Waals surface area contributed by atoms with Crippen LogP contribution in [0.5, 0.6) is 0 Å². The van der Waals surface area contributed by atoms with Crippen molar-refractivity contribution in [2.45, 2.75) is 23.8 Å². The van der Waals surface area contributed by atoms with Gasteiger partial charge in [-0.1, -0.05) is 12.1 Å². The number of para-hydroxylation sites is 1. The molecule has 1 aromatic rings. The van der Waals surface area contributed by atoms with E-state index in [-0.39, 0.29) is 11.0 Å². The Kier molecular flexibility index (Phi) is 4.41. The van der Waals surface area contributed by atoms with E-state index in [0.29, 0.717) is 18.8 Å². The smallest absolute Gasteiger partial charge is 0.245 e. The van der Waals surface area contributed by atoms with Crippen LogP contribution >= 0.6 is 0 Å². The second kappa shape index (κ2) is 5.87. The minimum absolute atomic E-state index is 0.0403. The van der Waals surface area contributed by atoms with Gasteiger partial charge in [-0.3, -0.25) is 5.84 Å². The maximum Gasteiger partial charge on any atom is 0.245 e. The van der Waals surface area contributed by atoms with Gasteiger partial charge in [-0.05, 0) is 25.0 Å². The first-order valence-electron chi connectivity index (χ1n) is 6.18. The lowest BCUT2D eigenvalue weighted by molar-refractivity contribution is 0.0572. The van der Waals surface area contributed by atoms with E-state index in [4.69, 9.17) is 10.6 Å². The van der Waals surface area contributed by atoms with Crippen LogP contribution in [0.4, 0.5) is 5.69 Å². The van der Waals surface area contributed by atoms with Crippen LogP contribution in [-0.4, -0.2) is 39.0 Å². The Morgan fingerprint density at radius 2 is 2.16 bits per heavy atom. The van der Waals surface area contributed by atoms with Crippen LogP contribution in [0.25, 0.3) is 0 Å². The number of hydrazine groups is 1. The van der Waals surface area contributed by atoms with Gasteiger partial charge in [0.05, 0.1) is 11.8 Å². The number of anilines is 1. The fraction of sp³-hybridized carbons (Fsp3) is 0.500. The molecule has 0 saturated carbocycles. The highest BCUT2D eigenvalue weighted by Crippen LogP contribution is 2.26. The lowest BCUT2D eigenvalue weighted by Gasteiger charge is -2.31. The average Bonchev–Trinajstić information content (AvgIpc) is 2.47. The molecule has 0 bridgehead atoms. The Balaban J connectivity index is 2.31. The number of sulfonamides is 1. The van der Waals surface area contributed by atoms with Gasteiger partial charge in [0.2, 0.25) is 10.0 Å². The van der Waals surface area contributed by atoms with Gasteiger partial charge in [0.15, 0.2) is 0 Å². The summed E-state index contributed by atoms with van der Waals surface area (Å²) in [7, 11) is -1.93. The summed E-state index contributed by atoms with van der Waals surface area (Å²) in [6.07, 6.45) is 1.65. The van der Waals surface area contributed by atoms with Crippen molar-refractivity contribution in [1.29, 1.82) is 0 Å². The third-order valence-corrected chi connectivity index (χ3v) is 5.26. The molecule has 1 heterocycles. The van der Waals surface area contributed by atoms with Gasteiger partial charge >= 0.3 is 0 Å². The van der Waals surface area contributed by atoms with Gasteiger partial charge in [-0.2, -0.15) is 4.31 Å². The lowest BCUT2D eigenvalue weighted by Crippen LogP contribution is -2.43. The molecular formula is C12H19N3O3S. The van der Waals surface area contributed by atoms with Crippen molar-refractivity contribution < 1.29 is 13.2 Å². The first-order chi connectivity index (χ1) is 9.09. The van der Waals surface area contributed by atoms with E-state index >= 15 is 0 Å². The number of hydrogen-bond donors (Lipinski definition) is 2. The normalized spacial score (nSPS) is 21.3. The van der Waals surface area contributed by atoms with Crippen LogP contribution in [0.3, 0.4) is 0 Å². The molecule has 1 unspecified atom stereocenters. The van der Waals surface area contributed by atoms with Crippen LogP contribution in [0, 0.1) is 0 Å². The maximum absolute atomic E-state index is 12.6. The first-order valence-corrected chi connectivity index (χ1v) is 7.62. The first kappa shape index (κ1) is 14.3. The highest BCUT2D eigenvalue weighted by atomic mass is 32.2. The molecule has 0 aromatic heterocycles. The van der Waals surface area contributed by atoms with Crippen molar-refractivity contribution in [3.63, 3.8) is 0 Å². The Hall–Kier alpha value is -1.15. The fourth-order valence-corrected chi connectivity index (χ4v) is 3.93. The summed E-state index contributed by atoms with van der Waals surface area (Å²) in [6, 6.07) is 6.62. The topological polar surface area (TPSA) is 84.7 Å². The van der Waals surface area contributed by atoms with Gasteiger partial charge in [0.1, 0.15) is 4.90 Å². The molecule has 2 rings (SSSR count). The minimum atomic E-state index is -3.54. The summed E-state index contributed by atoms with van der Waals surface area (Å²) in [4.78, 5) is 0.203. The van der Waals surface area contributed by atoms with Gasteiger partial charge in [0.25, 0.3) is 0 Å². The van der Waals surface area contributed by atoms with Crippen LogP contribution in [0.15, 0.2) is 29.2 Å². The summed E-state index contributed by atoms with van der Waals surface area (Å²) in [5, 5.41) is 0. The molecule has 7 heteroatoms. The summed E-state index contributed by atoms with van der Waals surface area (Å²) >= 11 is 0. The highest BCUT2D eigenvalue weighted by molar-refractivity contribution is 7.89. The third kappa shape index (κ3) is 2.89. The second-order valence-electron chi connectivity index (χ2n) is 4.50. The van der Waals surface area contributed by atoms with Crippen LogP contribution < -0.4 is 11.3 Å². The zero-order valence-electron chi connectivity index (χ0n) is 10.9. The Morgan fingerprint density at radius 1 is 1.42 bits per heavy atom. The van der Waals surface area contributed by atoms with Crippen LogP contribution in [-0.2, 0) is 14.8 Å². The van der Waals surface area contributed by atoms with Crippen molar-refractivity contribution >= 4 is 15.7 Å². The molecule has 19 heavy (non-hydrogen) atoms. The minimum Gasteiger partial charge on any atom is -0.380 e. The van der Waals surface area contributed by atoms with Gasteiger partial charge < -0.3 is 10.2 Å². The molecule has 1 fully saturated rings. The summed E-state index contributed by atoms with van der Waals surface area (Å²) in [6.45, 7) is 0.902. The summed E-state index contributed by atoms with van der Waals surface area (Å²) in [5.74, 6) is 5.37. The number of nitrogen functional groups attached to an aromatic ring is 1. The Labute approximate surface area is 113 Å². The van der Waals surface area contributed by atoms with E-state index in [1.54, 1.807) is 31.4 Å². The van der Waals surface area contributed by atoms with E-state index < -0.39 is 10.0 Å². The number of ether oxygens (including phenoxy) is 1. The summed E-state index contributed by atoms with van der Waals surface area (Å²) in [5.41, 5.74) is 2.83. The molecular weight excluding hydrogens is 266 g/mol. The molecule has 0 aliphatic carbocycles. The van der Waals surface area contributed by atoms with Gasteiger partial charge in [-0.25, -0.2) is 8.42 Å². The van der Waals surface area contributed by atoms with Crippen LogP contribution in [0.2, 0.25) is 0 Å². The quantitative estimate of drug-likeness (QED) is 0.630. The SMILES string of the molecule is COC1CCCN(S(=O)(=O)c2ccccc2NN)C1. The van der Waals surface area contributed by atoms with Crippen molar-refractivity contribution in [2.24, 2.45) is 5.84 Å². The van der Waals surface area contributed by atoms with Gasteiger partial charge in [0, 0.05) is 20.2 Å². The Bertz CT molecular complexity index is 533. The van der Waals surface area contributed by atoms with Crippen molar-refractivity contribution in [3.8, 4) is 0 Å². The molecule has 1 aliphatic heterocycles. The van der Waals surface area contributed by atoms with Crippen molar-refractivity contribution in [2.75, 3.05) is 25.6 Å². The molecule has 0 amide bonds. The second-order valence-corrected chi connectivity index (χ2v) is 6.41. The van der Waals surface area contributed by atoms with E-state index in [9.17, 15) is 8.42 Å². The predicted octanol–water partition coefficient (Wildman–Crippen LogP) is 0.772. The monoisotopic (exact) mass is 285 g/mol. The van der Waals surface area contributed by atoms with E-state index in [2.05, 4.69) is 5.43 Å². The van der Waals surface area contributed by atoms with Gasteiger partial charge in [-0.15, -0.1) is 0 Å². The number of nitrogens with two attached hydrogens (primary N) is 1. The molecule has 1 saturated heterocycles. The maximum atomic E-state index is 12.6. The largest absolute Gasteiger partial charge is 0.380 e. The summed E-state index contributed by atoms with van der Waals surface area (Å²) < 4.78 is 31.9. The average molecular weight is 285 g/mol. The number of piperidine rings is 1. The number of nitrogens with zero attached hydrogens (tertiary/aromatic N) is 1.